The van der Waals surface area contributed by atoms with E-state index in [-0.39, 0.29) is 0 Å². The average Bonchev–Trinajstić information content (AvgIpc) is 3.49. The first-order valence-electron chi connectivity index (χ1n) is 12.7. The molecule has 196 valence electrons. The molecule has 0 aliphatic heterocycles. The fourth-order valence-electron chi connectivity index (χ4n) is 4.34. The zero-order valence-electron chi connectivity index (χ0n) is 21.8. The van der Waals surface area contributed by atoms with Gasteiger partial charge >= 0.3 is 0 Å². The number of benzene rings is 4. The smallest absolute Gasteiger partial charge is 0.192 e. The van der Waals surface area contributed by atoms with Gasteiger partial charge in [0.25, 0.3) is 0 Å². The second-order valence-corrected chi connectivity index (χ2v) is 11.6. The van der Waals surface area contributed by atoms with Crippen LogP contribution in [0.4, 0.5) is 11.6 Å². The van der Waals surface area contributed by atoms with Crippen molar-refractivity contribution < 1.29 is 0 Å². The fraction of sp³-hybridized carbons (Fsp3) is 0.0625. The Kier molecular flexibility index (Phi) is 7.61. The summed E-state index contributed by atoms with van der Waals surface area (Å²) in [5.41, 5.74) is 8.04. The van der Waals surface area contributed by atoms with Gasteiger partial charge in [-0.25, -0.2) is 9.36 Å². The average molecular weight is 746 g/mol. The van der Waals surface area contributed by atoms with Crippen LogP contribution >= 0.6 is 45.2 Å². The zero-order valence-corrected chi connectivity index (χ0v) is 26.1. The summed E-state index contributed by atoms with van der Waals surface area (Å²) in [4.78, 5) is 0. The van der Waals surface area contributed by atoms with E-state index >= 15 is 0 Å². The van der Waals surface area contributed by atoms with Crippen LogP contribution in [0.3, 0.4) is 0 Å². The van der Waals surface area contributed by atoms with Gasteiger partial charge in [0.2, 0.25) is 0 Å². The highest BCUT2D eigenvalue weighted by Gasteiger charge is 2.21. The molecule has 6 rings (SSSR count). The lowest BCUT2D eigenvalue weighted by atomic mass is 10.1. The largest absolute Gasteiger partial charge is 0.212 e. The van der Waals surface area contributed by atoms with Crippen molar-refractivity contribution in [2.45, 2.75) is 13.8 Å². The van der Waals surface area contributed by atoms with E-state index < -0.39 is 0 Å². The summed E-state index contributed by atoms with van der Waals surface area (Å²) in [5, 5.41) is 19.6. The maximum atomic E-state index is 4.99. The topological polar surface area (TPSA) is 60.4 Å². The summed E-state index contributed by atoms with van der Waals surface area (Å²) in [5.74, 6) is 1.33. The summed E-state index contributed by atoms with van der Waals surface area (Å²) >= 11 is 4.66. The Labute approximate surface area is 260 Å². The van der Waals surface area contributed by atoms with Crippen molar-refractivity contribution in [1.82, 2.24) is 19.6 Å². The molecule has 6 nitrogen and oxygen atoms in total. The summed E-state index contributed by atoms with van der Waals surface area (Å²) in [7, 11) is 0. The molecule has 0 radical (unpaired) electrons. The monoisotopic (exact) mass is 746 g/mol. The van der Waals surface area contributed by atoms with Gasteiger partial charge in [0.15, 0.2) is 11.6 Å². The molecule has 8 heteroatoms. The predicted molar refractivity (Wildman–Crippen MR) is 177 cm³/mol. The molecular weight excluding hydrogens is 722 g/mol. The molecule has 40 heavy (non-hydrogen) atoms. The van der Waals surface area contributed by atoms with Crippen LogP contribution in [0.1, 0.15) is 11.1 Å². The molecule has 0 atom stereocenters. The molecule has 0 N–H and O–H groups in total. The van der Waals surface area contributed by atoms with E-state index in [1.165, 1.54) is 11.1 Å². The molecular formula is C32H24I2N6. The lowest BCUT2D eigenvalue weighted by molar-refractivity contribution is 0.852. The number of halogens is 2. The third-order valence-electron chi connectivity index (χ3n) is 6.50. The number of hydrogen-bond acceptors (Lipinski definition) is 4. The second kappa shape index (κ2) is 11.5. The first kappa shape index (κ1) is 26.6. The van der Waals surface area contributed by atoms with E-state index in [0.29, 0.717) is 11.6 Å². The van der Waals surface area contributed by atoms with Crippen LogP contribution in [-0.2, 0) is 0 Å². The molecule has 0 spiro atoms. The molecule has 0 bridgehead atoms. The van der Waals surface area contributed by atoms with Crippen molar-refractivity contribution >= 4 is 56.8 Å². The van der Waals surface area contributed by atoms with Gasteiger partial charge < -0.3 is 0 Å². The summed E-state index contributed by atoms with van der Waals surface area (Å²) < 4.78 is 5.57. The van der Waals surface area contributed by atoms with Crippen molar-refractivity contribution in [2.75, 3.05) is 0 Å². The van der Waals surface area contributed by atoms with Gasteiger partial charge in [-0.15, -0.1) is 10.2 Å². The number of hydrogen-bond donors (Lipinski definition) is 0. The lowest BCUT2D eigenvalue weighted by Gasteiger charge is -2.05. The van der Waals surface area contributed by atoms with Gasteiger partial charge in [0.05, 0.1) is 18.5 Å². The van der Waals surface area contributed by atoms with E-state index in [1.54, 1.807) is 0 Å². The molecule has 0 aliphatic rings. The molecule has 0 amide bonds. The van der Waals surface area contributed by atoms with Gasteiger partial charge in [0.1, 0.15) is 11.4 Å². The summed E-state index contributed by atoms with van der Waals surface area (Å²) in [6.07, 6.45) is 0. The van der Waals surface area contributed by atoms with E-state index in [0.717, 1.165) is 41.0 Å². The minimum Gasteiger partial charge on any atom is -0.212 e. The van der Waals surface area contributed by atoms with Gasteiger partial charge in [-0.2, -0.15) is 10.2 Å². The Morgan fingerprint density at radius 2 is 0.850 bits per heavy atom. The van der Waals surface area contributed by atoms with E-state index in [1.807, 2.05) is 70.0 Å². The van der Waals surface area contributed by atoms with Gasteiger partial charge in [-0.05, 0) is 83.3 Å². The molecule has 0 aliphatic carbocycles. The van der Waals surface area contributed by atoms with Crippen LogP contribution in [-0.4, -0.2) is 19.6 Å². The van der Waals surface area contributed by atoms with Crippen LogP contribution in [0.5, 0.6) is 0 Å². The quantitative estimate of drug-likeness (QED) is 0.126. The Morgan fingerprint density at radius 3 is 1.20 bits per heavy atom. The lowest BCUT2D eigenvalue weighted by Crippen LogP contribution is -1.96. The van der Waals surface area contributed by atoms with Crippen LogP contribution < -0.4 is 0 Å². The van der Waals surface area contributed by atoms with Crippen LogP contribution in [0.25, 0.3) is 33.9 Å². The van der Waals surface area contributed by atoms with Crippen molar-refractivity contribution in [3.8, 4) is 33.9 Å². The molecule has 0 unspecified atom stereocenters. The molecule has 0 saturated carbocycles. The highest BCUT2D eigenvalue weighted by Crippen LogP contribution is 2.38. The third-order valence-corrected chi connectivity index (χ3v) is 8.49. The number of aryl methyl sites for hydroxylation is 2. The zero-order chi connectivity index (χ0) is 27.6. The van der Waals surface area contributed by atoms with Crippen molar-refractivity contribution in [1.29, 1.82) is 0 Å². The molecule has 0 saturated heterocycles. The molecule has 2 heterocycles. The fourth-order valence-corrected chi connectivity index (χ4v) is 5.85. The van der Waals surface area contributed by atoms with Crippen molar-refractivity contribution in [2.24, 2.45) is 10.2 Å². The minimum atomic E-state index is 0.663. The van der Waals surface area contributed by atoms with E-state index in [4.69, 9.17) is 20.4 Å². The minimum absolute atomic E-state index is 0.663. The maximum Gasteiger partial charge on any atom is 0.192 e. The Hall–Kier alpha value is -3.64. The highest BCUT2D eigenvalue weighted by atomic mass is 127. The molecule has 0 fully saturated rings. The first-order valence-corrected chi connectivity index (χ1v) is 14.9. The van der Waals surface area contributed by atoms with Crippen LogP contribution in [0, 0.1) is 21.0 Å². The number of aromatic nitrogens is 4. The first-order chi connectivity index (χ1) is 19.5. The highest BCUT2D eigenvalue weighted by molar-refractivity contribution is 14.1. The normalized spacial score (nSPS) is 11.4. The number of rotatable bonds is 6. The van der Waals surface area contributed by atoms with Crippen molar-refractivity contribution in [3.05, 3.63) is 127 Å². The number of para-hydroxylation sites is 2. The summed E-state index contributed by atoms with van der Waals surface area (Å²) in [6.45, 7) is 4.17. The Bertz CT molecular complexity index is 1670. The summed E-state index contributed by atoms with van der Waals surface area (Å²) in [6, 6.07) is 36.8. The maximum absolute atomic E-state index is 4.99. The van der Waals surface area contributed by atoms with Crippen LogP contribution in [0.2, 0.25) is 0 Å². The van der Waals surface area contributed by atoms with Gasteiger partial charge in [-0.1, -0.05) is 96.1 Å². The number of nitrogens with zero attached hydrogens (tertiary/aromatic N) is 6. The standard InChI is InChI=1S/C32H24I2N6/c1-21-13-17-23(18-14-21)29-27(33)31(39(37-29)25-9-5-3-6-10-25)35-36-32-28(34)30(24-19-15-22(2)16-20-24)38-40(32)26-11-7-4-8-12-26/h3-20H,1-2H3/b36-35+. The van der Waals surface area contributed by atoms with E-state index in [2.05, 4.69) is 108 Å². The Balaban J connectivity index is 1.52. The second-order valence-electron chi connectivity index (χ2n) is 9.40. The van der Waals surface area contributed by atoms with Crippen molar-refractivity contribution in [3.63, 3.8) is 0 Å². The SMILES string of the molecule is Cc1ccc(-c2nn(-c3ccccc3)c(/N=N/c3c(I)c(-c4ccc(C)cc4)nn3-c3ccccc3)c2I)cc1. The van der Waals surface area contributed by atoms with Gasteiger partial charge in [0, 0.05) is 11.1 Å². The molecule has 4 aromatic carbocycles. The third kappa shape index (κ3) is 5.25. The predicted octanol–water partition coefficient (Wildman–Crippen LogP) is 9.63. The van der Waals surface area contributed by atoms with Gasteiger partial charge in [-0.3, -0.25) is 0 Å². The molecule has 6 aromatic rings. The van der Waals surface area contributed by atoms with E-state index in [9.17, 15) is 0 Å². The van der Waals surface area contributed by atoms with Crippen LogP contribution in [0.15, 0.2) is 119 Å². The number of azo groups is 1. The molecule has 2 aromatic heterocycles. The Morgan fingerprint density at radius 1 is 0.500 bits per heavy atom.